The second kappa shape index (κ2) is 6.04. The summed E-state index contributed by atoms with van der Waals surface area (Å²) in [5, 5.41) is 0. The molecule has 1 aliphatic rings. The monoisotopic (exact) mass is 280 g/mol. The summed E-state index contributed by atoms with van der Waals surface area (Å²) in [5.41, 5.74) is 9.30. The molecule has 0 radical (unpaired) electrons. The van der Waals surface area contributed by atoms with Crippen LogP contribution in [-0.4, -0.2) is 15.0 Å². The molecule has 0 fully saturated rings. The predicted molar refractivity (Wildman–Crippen MR) is 85.3 cm³/mol. The van der Waals surface area contributed by atoms with Crippen molar-refractivity contribution in [1.29, 1.82) is 0 Å². The van der Waals surface area contributed by atoms with Gasteiger partial charge in [0.25, 0.3) is 0 Å². The Bertz CT molecular complexity index is 649. The first-order valence-corrected chi connectivity index (χ1v) is 7.50. The smallest absolute Gasteiger partial charge is 0.162 e. The van der Waals surface area contributed by atoms with Gasteiger partial charge < -0.3 is 5.73 Å². The summed E-state index contributed by atoms with van der Waals surface area (Å²) in [7, 11) is 0. The Labute approximate surface area is 125 Å². The van der Waals surface area contributed by atoms with Crippen molar-refractivity contribution < 1.29 is 0 Å². The first-order valence-electron chi connectivity index (χ1n) is 7.50. The van der Waals surface area contributed by atoms with Crippen LogP contribution in [0.5, 0.6) is 0 Å². The topological polar surface area (TPSA) is 64.7 Å². The minimum atomic E-state index is 0.479. The summed E-state index contributed by atoms with van der Waals surface area (Å²) in [4.78, 5) is 12.9. The van der Waals surface area contributed by atoms with Crippen LogP contribution in [0.25, 0.3) is 17.0 Å². The van der Waals surface area contributed by atoms with Crippen LogP contribution >= 0.6 is 0 Å². The average molecular weight is 280 g/mol. The molecule has 2 aromatic rings. The number of hydrogen-bond donors (Lipinski definition) is 1. The molecule has 0 bridgehead atoms. The molecule has 3 rings (SSSR count). The Morgan fingerprint density at radius 2 is 2.05 bits per heavy atom. The number of aromatic nitrogens is 3. The highest BCUT2D eigenvalue weighted by molar-refractivity contribution is 5.75. The second-order valence-corrected chi connectivity index (χ2v) is 5.51. The van der Waals surface area contributed by atoms with E-state index in [0.29, 0.717) is 11.6 Å². The minimum Gasteiger partial charge on any atom is -0.383 e. The van der Waals surface area contributed by atoms with Gasteiger partial charge in [-0.2, -0.15) is 0 Å². The van der Waals surface area contributed by atoms with E-state index in [2.05, 4.69) is 34.0 Å². The molecular weight excluding hydrogens is 260 g/mol. The van der Waals surface area contributed by atoms with Gasteiger partial charge in [-0.25, -0.2) is 15.0 Å². The van der Waals surface area contributed by atoms with Crippen molar-refractivity contribution in [3.63, 3.8) is 0 Å². The van der Waals surface area contributed by atoms with Crippen LogP contribution < -0.4 is 5.73 Å². The van der Waals surface area contributed by atoms with Crippen molar-refractivity contribution in [2.24, 2.45) is 5.92 Å². The maximum atomic E-state index is 5.98. The summed E-state index contributed by atoms with van der Waals surface area (Å²) < 4.78 is 0. The molecule has 0 spiro atoms. The van der Waals surface area contributed by atoms with Gasteiger partial charge in [0.15, 0.2) is 5.82 Å². The zero-order valence-electron chi connectivity index (χ0n) is 12.3. The highest BCUT2D eigenvalue weighted by Gasteiger charge is 2.16. The SMILES string of the molecule is CC[C@@H]1CC=C(c2cnc(N)c(-c3ncccn3)c2)CC1. The molecule has 4 heteroatoms. The maximum absolute atomic E-state index is 5.98. The first kappa shape index (κ1) is 13.7. The molecule has 0 unspecified atom stereocenters. The molecule has 1 aliphatic carbocycles. The summed E-state index contributed by atoms with van der Waals surface area (Å²) in [5.74, 6) is 1.94. The lowest BCUT2D eigenvalue weighted by atomic mass is 9.85. The molecule has 0 saturated heterocycles. The van der Waals surface area contributed by atoms with Crippen LogP contribution in [0.1, 0.15) is 38.2 Å². The molecule has 108 valence electrons. The fraction of sp³-hybridized carbons (Fsp3) is 0.353. The Morgan fingerprint density at radius 1 is 1.24 bits per heavy atom. The minimum absolute atomic E-state index is 0.479. The molecule has 0 aliphatic heterocycles. The lowest BCUT2D eigenvalue weighted by Gasteiger charge is -2.21. The second-order valence-electron chi connectivity index (χ2n) is 5.51. The normalized spacial score (nSPS) is 18.3. The van der Waals surface area contributed by atoms with E-state index in [-0.39, 0.29) is 0 Å². The van der Waals surface area contributed by atoms with Crippen molar-refractivity contribution in [1.82, 2.24) is 15.0 Å². The van der Waals surface area contributed by atoms with Crippen molar-refractivity contribution in [3.8, 4) is 11.4 Å². The van der Waals surface area contributed by atoms with Gasteiger partial charge in [-0.05, 0) is 48.4 Å². The molecule has 0 amide bonds. The van der Waals surface area contributed by atoms with E-state index in [1.165, 1.54) is 18.4 Å². The maximum Gasteiger partial charge on any atom is 0.162 e. The predicted octanol–water partition coefficient (Wildman–Crippen LogP) is 3.71. The molecule has 2 aromatic heterocycles. The molecule has 2 N–H and O–H groups in total. The number of nitrogen functional groups attached to an aromatic ring is 1. The molecule has 2 heterocycles. The fourth-order valence-corrected chi connectivity index (χ4v) is 2.79. The highest BCUT2D eigenvalue weighted by Crippen LogP contribution is 2.33. The molecule has 0 saturated carbocycles. The van der Waals surface area contributed by atoms with E-state index in [1.54, 1.807) is 18.5 Å². The molecular formula is C17H20N4. The van der Waals surface area contributed by atoms with Crippen LogP contribution in [0.2, 0.25) is 0 Å². The lowest BCUT2D eigenvalue weighted by molar-refractivity contribution is 0.470. The zero-order valence-corrected chi connectivity index (χ0v) is 12.3. The van der Waals surface area contributed by atoms with E-state index in [0.717, 1.165) is 29.9 Å². The quantitative estimate of drug-likeness (QED) is 0.930. The Balaban J connectivity index is 1.94. The third-order valence-corrected chi connectivity index (χ3v) is 4.19. The van der Waals surface area contributed by atoms with Crippen LogP contribution in [0.3, 0.4) is 0 Å². The van der Waals surface area contributed by atoms with Gasteiger partial charge in [-0.15, -0.1) is 0 Å². The van der Waals surface area contributed by atoms with Crippen LogP contribution in [0.4, 0.5) is 5.82 Å². The highest BCUT2D eigenvalue weighted by atomic mass is 14.9. The zero-order chi connectivity index (χ0) is 14.7. The van der Waals surface area contributed by atoms with Crippen LogP contribution in [0, 0.1) is 5.92 Å². The number of pyridine rings is 1. The number of nitrogens with zero attached hydrogens (tertiary/aromatic N) is 3. The van der Waals surface area contributed by atoms with Gasteiger partial charge in [0, 0.05) is 18.6 Å². The van der Waals surface area contributed by atoms with E-state index >= 15 is 0 Å². The summed E-state index contributed by atoms with van der Waals surface area (Å²) in [6.07, 6.45) is 12.4. The van der Waals surface area contributed by atoms with Crippen molar-refractivity contribution in [3.05, 3.63) is 42.4 Å². The van der Waals surface area contributed by atoms with Gasteiger partial charge in [-0.3, -0.25) is 0 Å². The largest absolute Gasteiger partial charge is 0.383 e. The van der Waals surface area contributed by atoms with Gasteiger partial charge in [0.2, 0.25) is 0 Å². The van der Waals surface area contributed by atoms with Gasteiger partial charge >= 0.3 is 0 Å². The van der Waals surface area contributed by atoms with E-state index in [4.69, 9.17) is 5.73 Å². The van der Waals surface area contributed by atoms with Gasteiger partial charge in [0.05, 0.1) is 5.56 Å². The Hall–Kier alpha value is -2.23. The van der Waals surface area contributed by atoms with E-state index in [9.17, 15) is 0 Å². The third-order valence-electron chi connectivity index (χ3n) is 4.19. The summed E-state index contributed by atoms with van der Waals surface area (Å²) in [6, 6.07) is 3.86. The molecule has 21 heavy (non-hydrogen) atoms. The number of allylic oxidation sites excluding steroid dienone is 2. The Morgan fingerprint density at radius 3 is 2.71 bits per heavy atom. The first-order chi connectivity index (χ1) is 10.3. The summed E-state index contributed by atoms with van der Waals surface area (Å²) >= 11 is 0. The van der Waals surface area contributed by atoms with Gasteiger partial charge in [0.1, 0.15) is 5.82 Å². The van der Waals surface area contributed by atoms with Crippen molar-refractivity contribution in [2.75, 3.05) is 5.73 Å². The Kier molecular flexibility index (Phi) is 3.95. The number of rotatable bonds is 3. The van der Waals surface area contributed by atoms with Gasteiger partial charge in [-0.1, -0.05) is 19.4 Å². The average Bonchev–Trinajstić information content (AvgIpc) is 2.56. The third kappa shape index (κ3) is 2.94. The van der Waals surface area contributed by atoms with Crippen LogP contribution in [-0.2, 0) is 0 Å². The molecule has 0 aromatic carbocycles. The van der Waals surface area contributed by atoms with E-state index in [1.807, 2.05) is 6.20 Å². The molecule has 4 nitrogen and oxygen atoms in total. The fourth-order valence-electron chi connectivity index (χ4n) is 2.79. The summed E-state index contributed by atoms with van der Waals surface area (Å²) in [6.45, 7) is 2.26. The van der Waals surface area contributed by atoms with Crippen molar-refractivity contribution in [2.45, 2.75) is 32.6 Å². The number of hydrogen-bond acceptors (Lipinski definition) is 4. The standard InChI is InChI=1S/C17H20N4/c1-2-12-4-6-13(7-5-12)14-10-15(16(18)21-11-14)17-19-8-3-9-20-17/h3,6,8-12H,2,4-5,7H2,1H3,(H2,18,21)/t12-/m1/s1. The number of anilines is 1. The molecule has 1 atom stereocenters. The number of nitrogens with two attached hydrogens (primary N) is 1. The van der Waals surface area contributed by atoms with Crippen LogP contribution in [0.15, 0.2) is 36.8 Å². The van der Waals surface area contributed by atoms with Crippen molar-refractivity contribution >= 4 is 11.4 Å². The lowest BCUT2D eigenvalue weighted by Crippen LogP contribution is -2.05. The van der Waals surface area contributed by atoms with E-state index < -0.39 is 0 Å².